The second-order valence-electron chi connectivity index (χ2n) is 12.7. The van der Waals surface area contributed by atoms with Crippen molar-refractivity contribution in [2.75, 3.05) is 0 Å². The fraction of sp³-hybridized carbons (Fsp3) is 0.0769. The van der Waals surface area contributed by atoms with Crippen molar-refractivity contribution in [3.8, 4) is 103 Å². The molecule has 0 atom stereocenters. The van der Waals surface area contributed by atoms with Gasteiger partial charge in [-0.1, -0.05) is 67.3 Å². The largest absolute Gasteiger partial charge is 0.339 e. The average Bonchev–Trinajstić information content (AvgIpc) is 4.10. The molecule has 0 unspecified atom stereocenters. The van der Waals surface area contributed by atoms with E-state index in [1.54, 1.807) is 20.8 Å². The van der Waals surface area contributed by atoms with Gasteiger partial charge in [0.1, 0.15) is 0 Å². The highest BCUT2D eigenvalue weighted by Crippen LogP contribution is 2.34. The van der Waals surface area contributed by atoms with Gasteiger partial charge in [0.15, 0.2) is 0 Å². The molecule has 0 spiro atoms. The van der Waals surface area contributed by atoms with Crippen LogP contribution in [-0.4, -0.2) is 60.8 Å². The summed E-state index contributed by atoms with van der Waals surface area (Å²) < 4.78 is 32.5. The summed E-state index contributed by atoms with van der Waals surface area (Å²) in [6, 6.07) is 27.6. The van der Waals surface area contributed by atoms with E-state index in [4.69, 9.17) is 42.1 Å². The summed E-state index contributed by atoms with van der Waals surface area (Å²) >= 11 is 0. The van der Waals surface area contributed by atoms with E-state index in [1.165, 1.54) is 0 Å². The molecule has 6 aromatic heterocycles. The lowest BCUT2D eigenvalue weighted by atomic mass is 10.0. The zero-order chi connectivity index (χ0) is 38.5. The first-order valence-electron chi connectivity index (χ1n) is 17.3. The van der Waals surface area contributed by atoms with Crippen LogP contribution in [0.5, 0.6) is 0 Å². The number of hydrogen-bond acceptors (Lipinski definition) is 18. The molecule has 0 saturated heterocycles. The van der Waals surface area contributed by atoms with Crippen LogP contribution in [0.25, 0.3) is 103 Å². The first-order chi connectivity index (χ1) is 27.9. The lowest BCUT2D eigenvalue weighted by molar-refractivity contribution is 0.394. The van der Waals surface area contributed by atoms with Gasteiger partial charge in [-0.15, -0.1) is 0 Å². The van der Waals surface area contributed by atoms with Gasteiger partial charge in [0.25, 0.3) is 17.7 Å². The number of rotatable bonds is 9. The van der Waals surface area contributed by atoms with Gasteiger partial charge in [0.2, 0.25) is 52.6 Å². The Hall–Kier alpha value is -8.28. The van der Waals surface area contributed by atoms with Crippen LogP contribution in [0.2, 0.25) is 0 Å². The van der Waals surface area contributed by atoms with Crippen LogP contribution in [0.4, 0.5) is 0 Å². The van der Waals surface area contributed by atoms with Crippen LogP contribution in [0.1, 0.15) is 17.7 Å². The molecule has 0 aliphatic heterocycles. The predicted octanol–water partition coefficient (Wildman–Crippen LogP) is 7.91. The molecule has 0 saturated carbocycles. The van der Waals surface area contributed by atoms with E-state index in [-0.39, 0.29) is 0 Å². The van der Waals surface area contributed by atoms with Crippen LogP contribution in [0, 0.1) is 20.8 Å². The second kappa shape index (κ2) is 13.5. The van der Waals surface area contributed by atoms with Gasteiger partial charge in [-0.25, -0.2) is 0 Å². The van der Waals surface area contributed by atoms with E-state index < -0.39 is 0 Å². The molecule has 0 fully saturated rings. The summed E-state index contributed by atoms with van der Waals surface area (Å²) in [4.78, 5) is 27.0. The minimum Gasteiger partial charge on any atom is -0.339 e. The first kappa shape index (κ1) is 33.3. The highest BCUT2D eigenvalue weighted by molar-refractivity contribution is 5.77. The van der Waals surface area contributed by atoms with E-state index in [0.29, 0.717) is 104 Å². The Labute approximate surface area is 319 Å². The topological polar surface area (TPSA) is 234 Å². The van der Waals surface area contributed by atoms with E-state index in [9.17, 15) is 0 Å². The summed E-state index contributed by atoms with van der Waals surface area (Å²) in [5.41, 5.74) is 6.16. The molecule has 0 N–H and O–H groups in total. The molecule has 57 heavy (non-hydrogen) atoms. The molecule has 10 aromatic rings. The van der Waals surface area contributed by atoms with Gasteiger partial charge in [0.05, 0.1) is 0 Å². The molecule has 0 radical (unpaired) electrons. The van der Waals surface area contributed by atoms with Gasteiger partial charge in [-0.2, -0.15) is 29.9 Å². The molecular formula is C39H24N12O6. The van der Waals surface area contributed by atoms with Crippen molar-refractivity contribution < 1.29 is 27.1 Å². The minimum absolute atomic E-state index is 0.301. The molecule has 0 aliphatic rings. The quantitative estimate of drug-likeness (QED) is 0.136. The van der Waals surface area contributed by atoms with Crippen LogP contribution < -0.4 is 0 Å². The summed E-state index contributed by atoms with van der Waals surface area (Å²) in [5, 5.41) is 24.9. The van der Waals surface area contributed by atoms with E-state index in [0.717, 1.165) is 16.7 Å². The summed E-state index contributed by atoms with van der Waals surface area (Å²) in [6.07, 6.45) is 0. The summed E-state index contributed by atoms with van der Waals surface area (Å²) in [5.74, 6) is 4.69. The highest BCUT2D eigenvalue weighted by atomic mass is 16.5. The normalized spacial score (nSPS) is 11.4. The Morgan fingerprint density at radius 1 is 0.263 bits per heavy atom. The number of aromatic nitrogens is 12. The van der Waals surface area contributed by atoms with E-state index >= 15 is 0 Å². The van der Waals surface area contributed by atoms with Crippen molar-refractivity contribution in [3.05, 3.63) is 109 Å². The predicted molar refractivity (Wildman–Crippen MR) is 197 cm³/mol. The fourth-order valence-electron chi connectivity index (χ4n) is 5.92. The maximum absolute atomic E-state index is 5.72. The molecule has 4 aromatic carbocycles. The van der Waals surface area contributed by atoms with Gasteiger partial charge in [-0.05, 0) is 54.6 Å². The molecule has 18 heteroatoms. The Morgan fingerprint density at radius 3 is 0.737 bits per heavy atom. The lowest BCUT2D eigenvalue weighted by Gasteiger charge is -2.03. The molecule has 0 bridgehead atoms. The van der Waals surface area contributed by atoms with E-state index in [1.807, 2.05) is 91.0 Å². The van der Waals surface area contributed by atoms with Crippen molar-refractivity contribution in [2.24, 2.45) is 0 Å². The number of aryl methyl sites for hydroxylation is 3. The molecule has 0 aliphatic carbocycles. The zero-order valence-electron chi connectivity index (χ0n) is 30.0. The molecule has 276 valence electrons. The Balaban J connectivity index is 0.987. The SMILES string of the molecule is Cc1nc(-c2ccc(-c3nc(-c4cc(-c5noc(-c6ccc(-c7noc(C)n7)cc6)n5)cc(-c5noc(-c6ccc(-c7noc(C)n7)cc6)n5)c4)no3)cc2)no1. The van der Waals surface area contributed by atoms with Gasteiger partial charge in [0, 0.05) is 70.8 Å². The van der Waals surface area contributed by atoms with E-state index in [2.05, 4.69) is 45.9 Å². The Kier molecular flexibility index (Phi) is 7.91. The zero-order valence-corrected chi connectivity index (χ0v) is 30.0. The van der Waals surface area contributed by atoms with Crippen LogP contribution in [-0.2, 0) is 0 Å². The van der Waals surface area contributed by atoms with Gasteiger partial charge in [-0.3, -0.25) is 0 Å². The van der Waals surface area contributed by atoms with Gasteiger partial charge >= 0.3 is 0 Å². The first-order valence-corrected chi connectivity index (χ1v) is 17.3. The third-order valence-corrected chi connectivity index (χ3v) is 8.74. The third kappa shape index (κ3) is 6.52. The second-order valence-corrected chi connectivity index (χ2v) is 12.7. The monoisotopic (exact) mass is 756 g/mol. The number of nitrogens with zero attached hydrogens (tertiary/aromatic N) is 12. The molecule has 10 rings (SSSR count). The minimum atomic E-state index is 0.301. The van der Waals surface area contributed by atoms with Gasteiger partial charge < -0.3 is 27.1 Å². The van der Waals surface area contributed by atoms with Crippen LogP contribution in [0.15, 0.2) is 118 Å². The van der Waals surface area contributed by atoms with Crippen LogP contribution in [0.3, 0.4) is 0 Å². The number of hydrogen-bond donors (Lipinski definition) is 0. The Bertz CT molecular complexity index is 2670. The van der Waals surface area contributed by atoms with Crippen LogP contribution >= 0.6 is 0 Å². The maximum Gasteiger partial charge on any atom is 0.258 e. The average molecular weight is 757 g/mol. The molecule has 6 heterocycles. The Morgan fingerprint density at radius 2 is 0.491 bits per heavy atom. The fourth-order valence-corrected chi connectivity index (χ4v) is 5.92. The van der Waals surface area contributed by atoms with Crippen molar-refractivity contribution >= 4 is 0 Å². The summed E-state index contributed by atoms with van der Waals surface area (Å²) in [7, 11) is 0. The summed E-state index contributed by atoms with van der Waals surface area (Å²) in [6.45, 7) is 5.20. The standard InChI is InChI=1S/C39H24N12O6/c1-19-40-31(46-52-19)22-4-10-25(11-5-22)37-43-34(49-55-37)28-16-29(35-44-38(56-50-35)26-12-6-23(7-13-26)32-41-20(2)53-47-32)18-30(17-28)36-45-39(57-51-36)27-14-8-24(9-15-27)33-42-21(3)54-48-33/h4-18H,1-3H3. The number of benzene rings is 4. The van der Waals surface area contributed by atoms with Crippen molar-refractivity contribution in [1.29, 1.82) is 0 Å². The molecule has 0 amide bonds. The third-order valence-electron chi connectivity index (χ3n) is 8.74. The molecular weight excluding hydrogens is 733 g/mol. The maximum atomic E-state index is 5.72. The van der Waals surface area contributed by atoms with Crippen molar-refractivity contribution in [2.45, 2.75) is 20.8 Å². The van der Waals surface area contributed by atoms with Crippen molar-refractivity contribution in [1.82, 2.24) is 60.8 Å². The van der Waals surface area contributed by atoms with Crippen molar-refractivity contribution in [3.63, 3.8) is 0 Å². The lowest BCUT2D eigenvalue weighted by Crippen LogP contribution is -1.90. The highest BCUT2D eigenvalue weighted by Gasteiger charge is 2.20. The smallest absolute Gasteiger partial charge is 0.258 e. The molecule has 18 nitrogen and oxygen atoms in total.